The molecule has 1 heterocycles. The van der Waals surface area contributed by atoms with E-state index in [4.69, 9.17) is 5.26 Å². The van der Waals surface area contributed by atoms with Crippen molar-refractivity contribution in [3.63, 3.8) is 0 Å². The molecule has 0 spiro atoms. The molecule has 7 heteroatoms. The van der Waals surface area contributed by atoms with Crippen LogP contribution in [0.2, 0.25) is 0 Å². The number of aromatic nitrogens is 4. The Bertz CT molecular complexity index is 736. The molecule has 1 unspecified atom stereocenters. The molecule has 2 rings (SSSR count). The molecule has 0 radical (unpaired) electrons. The highest BCUT2D eigenvalue weighted by atomic mass is 31.1. The van der Waals surface area contributed by atoms with Gasteiger partial charge in [-0.1, -0.05) is 18.1 Å². The third-order valence-corrected chi connectivity index (χ3v) is 3.66. The number of aryl methyl sites for hydroxylation is 1. The second-order valence-electron chi connectivity index (χ2n) is 4.56. The van der Waals surface area contributed by atoms with E-state index in [2.05, 4.69) is 33.4 Å². The van der Waals surface area contributed by atoms with Crippen LogP contribution in [-0.4, -0.2) is 20.2 Å². The first-order valence-electron chi connectivity index (χ1n) is 6.76. The molecular formula is C15H14N5OP. The van der Waals surface area contributed by atoms with Crippen molar-refractivity contribution in [1.82, 2.24) is 20.2 Å². The van der Waals surface area contributed by atoms with Gasteiger partial charge >= 0.3 is 0 Å². The Morgan fingerprint density at radius 1 is 1.36 bits per heavy atom. The maximum Gasteiger partial charge on any atom is 0.192 e. The minimum absolute atomic E-state index is 0.00519. The molecule has 0 bridgehead atoms. The first-order chi connectivity index (χ1) is 10.8. The van der Waals surface area contributed by atoms with Gasteiger partial charge in [-0.15, -0.1) is 11.0 Å². The van der Waals surface area contributed by atoms with Gasteiger partial charge in [0.25, 0.3) is 0 Å². The Morgan fingerprint density at radius 2 is 2.14 bits per heavy atom. The molecule has 6 nitrogen and oxygen atoms in total. The zero-order valence-corrected chi connectivity index (χ0v) is 13.0. The largest absolute Gasteiger partial charge is 0.269 e. The highest BCUT2D eigenvalue weighted by Crippen LogP contribution is 2.19. The van der Waals surface area contributed by atoms with E-state index in [0.717, 1.165) is 10.9 Å². The predicted molar refractivity (Wildman–Crippen MR) is 81.6 cm³/mol. The predicted octanol–water partition coefficient (Wildman–Crippen LogP) is 1.85. The second-order valence-corrected chi connectivity index (χ2v) is 5.26. The molecule has 1 aromatic carbocycles. The van der Waals surface area contributed by atoms with Crippen LogP contribution < -0.4 is 5.30 Å². The lowest BCUT2D eigenvalue weighted by molar-refractivity contribution is 0.567. The smallest absolute Gasteiger partial charge is 0.192 e. The van der Waals surface area contributed by atoms with Crippen LogP contribution in [-0.2, 0) is 17.5 Å². The van der Waals surface area contributed by atoms with Gasteiger partial charge in [-0.3, -0.25) is 4.57 Å². The average Bonchev–Trinajstić information content (AvgIpc) is 3.00. The fourth-order valence-corrected chi connectivity index (χ4v) is 2.35. The van der Waals surface area contributed by atoms with Crippen molar-refractivity contribution in [2.75, 3.05) is 0 Å². The van der Waals surface area contributed by atoms with E-state index in [-0.39, 0.29) is 14.4 Å². The molecule has 1 atom stereocenters. The Morgan fingerprint density at radius 3 is 2.77 bits per heavy atom. The molecule has 0 fully saturated rings. The van der Waals surface area contributed by atoms with Crippen molar-refractivity contribution in [2.24, 2.45) is 0 Å². The Kier molecular flexibility index (Phi) is 5.77. The Hall–Kier alpha value is -2.56. The van der Waals surface area contributed by atoms with Gasteiger partial charge in [0.05, 0.1) is 25.0 Å². The number of rotatable bonds is 6. The SMILES string of the molecule is CC#CC(Cc1nnnn1CCC#N)c1ccc(P=O)cc1. The summed E-state index contributed by atoms with van der Waals surface area (Å²) in [6, 6.07) is 9.54. The van der Waals surface area contributed by atoms with E-state index in [0.29, 0.717) is 25.2 Å². The third kappa shape index (κ3) is 3.97. The molecule has 0 N–H and O–H groups in total. The van der Waals surface area contributed by atoms with Crippen LogP contribution in [0.15, 0.2) is 24.3 Å². The van der Waals surface area contributed by atoms with Crippen LogP contribution in [0.25, 0.3) is 0 Å². The van der Waals surface area contributed by atoms with Crippen molar-refractivity contribution in [1.29, 1.82) is 5.26 Å². The van der Waals surface area contributed by atoms with Crippen LogP contribution in [0.5, 0.6) is 0 Å². The van der Waals surface area contributed by atoms with Crippen LogP contribution in [0.3, 0.4) is 0 Å². The first-order valence-corrected chi connectivity index (χ1v) is 7.57. The van der Waals surface area contributed by atoms with E-state index in [1.807, 2.05) is 24.3 Å². The molecule has 110 valence electrons. The van der Waals surface area contributed by atoms with Gasteiger partial charge < -0.3 is 0 Å². The van der Waals surface area contributed by atoms with Crippen LogP contribution in [0, 0.1) is 23.2 Å². The summed E-state index contributed by atoms with van der Waals surface area (Å²) in [4.78, 5) is 0. The summed E-state index contributed by atoms with van der Waals surface area (Å²) in [5, 5.41) is 21.0. The van der Waals surface area contributed by atoms with Crippen LogP contribution in [0.4, 0.5) is 0 Å². The lowest BCUT2D eigenvalue weighted by Gasteiger charge is -2.11. The Balaban J connectivity index is 2.21. The Labute approximate surface area is 130 Å². The van der Waals surface area contributed by atoms with Gasteiger partial charge in [0.1, 0.15) is 0 Å². The molecule has 0 aliphatic rings. The van der Waals surface area contributed by atoms with Gasteiger partial charge in [-0.25, -0.2) is 4.68 Å². The minimum atomic E-state index is -0.0470. The van der Waals surface area contributed by atoms with Gasteiger partial charge in [-0.05, 0) is 35.0 Å². The van der Waals surface area contributed by atoms with Crippen molar-refractivity contribution in [3.05, 3.63) is 35.7 Å². The molecule has 0 saturated carbocycles. The summed E-state index contributed by atoms with van der Waals surface area (Å²) in [5.41, 5.74) is 1.02. The molecule has 1 aromatic heterocycles. The molecule has 22 heavy (non-hydrogen) atoms. The topological polar surface area (TPSA) is 84.5 Å². The second kappa shape index (κ2) is 8.02. The van der Waals surface area contributed by atoms with Crippen molar-refractivity contribution in [3.8, 4) is 17.9 Å². The highest BCUT2D eigenvalue weighted by molar-refractivity contribution is 7.34. The highest BCUT2D eigenvalue weighted by Gasteiger charge is 2.15. The van der Waals surface area contributed by atoms with Gasteiger partial charge in [0, 0.05) is 11.7 Å². The maximum absolute atomic E-state index is 10.8. The normalized spacial score (nSPS) is 11.5. The fraction of sp³-hybridized carbons (Fsp3) is 0.333. The fourth-order valence-electron chi connectivity index (χ4n) is 2.08. The maximum atomic E-state index is 10.8. The van der Waals surface area contributed by atoms with Gasteiger partial charge in [0.15, 0.2) is 14.3 Å². The summed E-state index contributed by atoms with van der Waals surface area (Å²) < 4.78 is 12.5. The standard InChI is InChI=1S/C15H14N5OP/c1-2-4-13(12-5-7-14(22-21)8-6-12)11-15-17-18-19-20(15)10-3-9-16/h5-8,13H,3,10-11H2,1H3. The summed E-state index contributed by atoms with van der Waals surface area (Å²) in [6.07, 6.45) is 0.924. The quantitative estimate of drug-likeness (QED) is 0.600. The number of benzene rings is 1. The monoisotopic (exact) mass is 311 g/mol. The third-order valence-electron chi connectivity index (χ3n) is 3.15. The molecule has 0 amide bonds. The number of nitriles is 1. The lowest BCUT2D eigenvalue weighted by Crippen LogP contribution is -2.10. The number of hydrogen-bond donors (Lipinski definition) is 0. The van der Waals surface area contributed by atoms with E-state index in [1.165, 1.54) is 0 Å². The summed E-state index contributed by atoms with van der Waals surface area (Å²) in [7, 11) is 0.00519. The first kappa shape index (κ1) is 15.8. The van der Waals surface area contributed by atoms with E-state index < -0.39 is 0 Å². The summed E-state index contributed by atoms with van der Waals surface area (Å²) in [6.45, 7) is 2.26. The summed E-state index contributed by atoms with van der Waals surface area (Å²) in [5.74, 6) is 6.74. The molecular weight excluding hydrogens is 297 g/mol. The van der Waals surface area contributed by atoms with Gasteiger partial charge in [-0.2, -0.15) is 5.26 Å². The summed E-state index contributed by atoms with van der Waals surface area (Å²) >= 11 is 0. The van der Waals surface area contributed by atoms with E-state index in [1.54, 1.807) is 11.6 Å². The van der Waals surface area contributed by atoms with Crippen molar-refractivity contribution >= 4 is 13.8 Å². The lowest BCUT2D eigenvalue weighted by atomic mass is 9.96. The van der Waals surface area contributed by atoms with Crippen molar-refractivity contribution < 1.29 is 4.57 Å². The molecule has 0 saturated heterocycles. The van der Waals surface area contributed by atoms with Crippen LogP contribution in [0.1, 0.15) is 30.7 Å². The average molecular weight is 311 g/mol. The van der Waals surface area contributed by atoms with Crippen LogP contribution >= 0.6 is 8.46 Å². The zero-order valence-electron chi connectivity index (χ0n) is 12.1. The van der Waals surface area contributed by atoms with E-state index >= 15 is 0 Å². The number of tetrazole rings is 1. The van der Waals surface area contributed by atoms with Crippen molar-refractivity contribution in [2.45, 2.75) is 32.2 Å². The molecule has 0 aliphatic heterocycles. The minimum Gasteiger partial charge on any atom is -0.269 e. The number of hydrogen-bond acceptors (Lipinski definition) is 5. The molecule has 2 aromatic rings. The number of nitrogens with zero attached hydrogens (tertiary/aromatic N) is 5. The molecule has 0 aliphatic carbocycles. The van der Waals surface area contributed by atoms with E-state index in [9.17, 15) is 4.57 Å². The van der Waals surface area contributed by atoms with Gasteiger partial charge in [0.2, 0.25) is 0 Å². The zero-order chi connectivity index (χ0) is 15.8.